The lowest BCUT2D eigenvalue weighted by molar-refractivity contribution is 1.47. The summed E-state index contributed by atoms with van der Waals surface area (Å²) in [6.45, 7) is 16.2. The summed E-state index contributed by atoms with van der Waals surface area (Å²) in [5, 5.41) is 0. The van der Waals surface area contributed by atoms with Crippen LogP contribution in [-0.4, -0.2) is 0 Å². The molecule has 0 atom stereocenters. The summed E-state index contributed by atoms with van der Waals surface area (Å²) >= 11 is 0. The number of hydrogen-bond acceptors (Lipinski definition) is 0. The molecule has 0 saturated carbocycles. The molecule has 0 nitrogen and oxygen atoms in total. The topological polar surface area (TPSA) is 0 Å². The fraction of sp³-hybridized carbons (Fsp3) is 0.118. The SMILES string of the molecule is C=C(C1=C[CH]1)c1ccc(C(=C)C)c(C(=C)C)c1. The van der Waals surface area contributed by atoms with Gasteiger partial charge in [0.05, 0.1) is 0 Å². The zero-order chi connectivity index (χ0) is 12.6. The molecule has 85 valence electrons. The highest BCUT2D eigenvalue weighted by Gasteiger charge is 2.15. The van der Waals surface area contributed by atoms with Crippen LogP contribution in [-0.2, 0) is 0 Å². The first-order chi connectivity index (χ1) is 8.00. The van der Waals surface area contributed by atoms with Crippen molar-refractivity contribution in [3.8, 4) is 0 Å². The fourth-order valence-electron chi connectivity index (χ4n) is 1.87. The van der Waals surface area contributed by atoms with E-state index in [0.717, 1.165) is 27.8 Å². The van der Waals surface area contributed by atoms with E-state index >= 15 is 0 Å². The van der Waals surface area contributed by atoms with Gasteiger partial charge in [-0.3, -0.25) is 0 Å². The lowest BCUT2D eigenvalue weighted by atomic mass is 9.92. The number of benzene rings is 1. The molecule has 0 bridgehead atoms. The van der Waals surface area contributed by atoms with Crippen molar-refractivity contribution >= 4 is 16.7 Å². The third-order valence-corrected chi connectivity index (χ3v) is 2.97. The first kappa shape index (κ1) is 11.7. The number of rotatable bonds is 4. The van der Waals surface area contributed by atoms with E-state index in [1.807, 2.05) is 13.8 Å². The summed E-state index contributed by atoms with van der Waals surface area (Å²) < 4.78 is 0. The third-order valence-electron chi connectivity index (χ3n) is 2.97. The van der Waals surface area contributed by atoms with Crippen molar-refractivity contribution in [2.45, 2.75) is 13.8 Å². The molecule has 0 saturated heterocycles. The predicted molar refractivity (Wildman–Crippen MR) is 77.3 cm³/mol. The molecule has 1 aliphatic carbocycles. The van der Waals surface area contributed by atoms with Gasteiger partial charge in [-0.1, -0.05) is 49.1 Å². The maximum Gasteiger partial charge on any atom is 0.0131 e. The van der Waals surface area contributed by atoms with E-state index in [1.54, 1.807) is 0 Å². The van der Waals surface area contributed by atoms with Crippen LogP contribution >= 0.6 is 0 Å². The molecule has 0 heteroatoms. The van der Waals surface area contributed by atoms with Crippen molar-refractivity contribution in [3.63, 3.8) is 0 Å². The van der Waals surface area contributed by atoms with Crippen molar-refractivity contribution in [2.24, 2.45) is 0 Å². The Morgan fingerprint density at radius 3 is 2.00 bits per heavy atom. The Morgan fingerprint density at radius 2 is 1.53 bits per heavy atom. The van der Waals surface area contributed by atoms with Gasteiger partial charge < -0.3 is 0 Å². The summed E-state index contributed by atoms with van der Waals surface area (Å²) in [5.41, 5.74) is 7.94. The van der Waals surface area contributed by atoms with Crippen molar-refractivity contribution in [1.29, 1.82) is 0 Å². The second-order valence-electron chi connectivity index (χ2n) is 4.59. The van der Waals surface area contributed by atoms with Gasteiger partial charge >= 0.3 is 0 Å². The van der Waals surface area contributed by atoms with Crippen molar-refractivity contribution < 1.29 is 0 Å². The summed E-state index contributed by atoms with van der Waals surface area (Å²) in [7, 11) is 0. The summed E-state index contributed by atoms with van der Waals surface area (Å²) in [6.07, 6.45) is 4.16. The first-order valence-electron chi connectivity index (χ1n) is 5.71. The van der Waals surface area contributed by atoms with Crippen LogP contribution in [0.3, 0.4) is 0 Å². The number of hydrogen-bond donors (Lipinski definition) is 0. The van der Waals surface area contributed by atoms with Gasteiger partial charge in [-0.2, -0.15) is 0 Å². The molecule has 0 fully saturated rings. The van der Waals surface area contributed by atoms with E-state index in [9.17, 15) is 0 Å². The smallest absolute Gasteiger partial charge is 0.0131 e. The Hall–Kier alpha value is -1.82. The maximum absolute atomic E-state index is 4.11. The van der Waals surface area contributed by atoms with Crippen molar-refractivity contribution in [3.05, 3.63) is 72.7 Å². The van der Waals surface area contributed by atoms with Gasteiger partial charge in [0.1, 0.15) is 0 Å². The monoisotopic (exact) mass is 221 g/mol. The largest absolute Gasteiger partial charge is 0.0955 e. The van der Waals surface area contributed by atoms with Gasteiger partial charge in [-0.15, -0.1) is 0 Å². The van der Waals surface area contributed by atoms with Crippen LogP contribution in [0.5, 0.6) is 0 Å². The van der Waals surface area contributed by atoms with E-state index in [4.69, 9.17) is 0 Å². The highest BCUT2D eigenvalue weighted by atomic mass is 14.2. The summed E-state index contributed by atoms with van der Waals surface area (Å²) in [4.78, 5) is 0. The standard InChI is InChI=1S/C17H17/c1-11(2)16-9-8-15(10-17(16)12(3)4)13(5)14-6-7-14/h6-10H,1,3,5H2,2,4H3. The minimum Gasteiger partial charge on any atom is -0.0955 e. The van der Waals surface area contributed by atoms with Crippen LogP contribution in [0.15, 0.2) is 49.6 Å². The van der Waals surface area contributed by atoms with E-state index < -0.39 is 0 Å². The van der Waals surface area contributed by atoms with E-state index in [0.29, 0.717) is 0 Å². The Morgan fingerprint density at radius 1 is 0.941 bits per heavy atom. The van der Waals surface area contributed by atoms with Gasteiger partial charge in [-0.05, 0) is 47.8 Å². The summed E-state index contributed by atoms with van der Waals surface area (Å²) in [6, 6.07) is 6.36. The van der Waals surface area contributed by atoms with E-state index in [-0.39, 0.29) is 0 Å². The zero-order valence-corrected chi connectivity index (χ0v) is 10.5. The highest BCUT2D eigenvalue weighted by molar-refractivity contribution is 5.88. The fourth-order valence-corrected chi connectivity index (χ4v) is 1.87. The molecule has 0 amide bonds. The molecule has 1 aromatic carbocycles. The van der Waals surface area contributed by atoms with Crippen LogP contribution in [0.4, 0.5) is 0 Å². The maximum atomic E-state index is 4.11. The minimum atomic E-state index is 1.06. The Kier molecular flexibility index (Phi) is 2.89. The quantitative estimate of drug-likeness (QED) is 0.677. The van der Waals surface area contributed by atoms with Gasteiger partial charge in [-0.25, -0.2) is 0 Å². The molecule has 17 heavy (non-hydrogen) atoms. The van der Waals surface area contributed by atoms with E-state index in [2.05, 4.69) is 50.4 Å². The second-order valence-corrected chi connectivity index (χ2v) is 4.59. The molecule has 2 rings (SSSR count). The first-order valence-corrected chi connectivity index (χ1v) is 5.71. The van der Waals surface area contributed by atoms with Crippen LogP contribution < -0.4 is 0 Å². The summed E-state index contributed by atoms with van der Waals surface area (Å²) in [5.74, 6) is 0. The predicted octanol–water partition coefficient (Wildman–Crippen LogP) is 4.91. The lowest BCUT2D eigenvalue weighted by Gasteiger charge is -2.12. The third kappa shape index (κ3) is 2.31. The molecule has 0 N–H and O–H groups in total. The van der Waals surface area contributed by atoms with Crippen LogP contribution in [0.2, 0.25) is 0 Å². The Bertz CT molecular complexity index is 553. The van der Waals surface area contributed by atoms with Crippen LogP contribution in [0.1, 0.15) is 30.5 Å². The van der Waals surface area contributed by atoms with Crippen LogP contribution in [0, 0.1) is 6.42 Å². The van der Waals surface area contributed by atoms with E-state index in [1.165, 1.54) is 11.1 Å². The molecule has 0 aliphatic heterocycles. The highest BCUT2D eigenvalue weighted by Crippen LogP contribution is 2.34. The van der Waals surface area contributed by atoms with Crippen molar-refractivity contribution in [2.75, 3.05) is 0 Å². The molecule has 0 aromatic heterocycles. The van der Waals surface area contributed by atoms with Gasteiger partial charge in [0.25, 0.3) is 0 Å². The minimum absolute atomic E-state index is 1.06. The molecule has 1 aromatic rings. The second kappa shape index (κ2) is 4.21. The average Bonchev–Trinajstić information content (AvgIpc) is 3.10. The average molecular weight is 221 g/mol. The van der Waals surface area contributed by atoms with Gasteiger partial charge in [0.15, 0.2) is 0 Å². The Balaban J connectivity index is 2.48. The van der Waals surface area contributed by atoms with Crippen molar-refractivity contribution in [1.82, 2.24) is 0 Å². The molecule has 1 radical (unpaired) electrons. The van der Waals surface area contributed by atoms with Gasteiger partial charge in [0, 0.05) is 6.42 Å². The molecule has 0 heterocycles. The van der Waals surface area contributed by atoms with Gasteiger partial charge in [0.2, 0.25) is 0 Å². The lowest BCUT2D eigenvalue weighted by Crippen LogP contribution is -1.91. The zero-order valence-electron chi connectivity index (χ0n) is 10.5. The molecule has 0 spiro atoms. The molecular formula is C17H17. The molecule has 0 unspecified atom stereocenters. The van der Waals surface area contributed by atoms with Crippen LogP contribution in [0.25, 0.3) is 16.7 Å². The Labute approximate surface area is 104 Å². The molecule has 1 aliphatic rings. The normalized spacial score (nSPS) is 12.9. The molecular weight excluding hydrogens is 204 g/mol. The number of allylic oxidation sites excluding steroid dienone is 5.